The monoisotopic (exact) mass is 374 g/mol. The van der Waals surface area contributed by atoms with E-state index in [1.807, 2.05) is 6.92 Å². The SMILES string of the molecule is CCN(CC)CCCNC(=O)C(C)Cc1cc(-c2ccc(O)cc2)nn1O. The van der Waals surface area contributed by atoms with Crippen molar-refractivity contribution in [2.45, 2.75) is 33.6 Å². The van der Waals surface area contributed by atoms with Crippen molar-refractivity contribution in [3.8, 4) is 17.0 Å². The predicted octanol–water partition coefficient (Wildman–Crippen LogP) is 2.52. The van der Waals surface area contributed by atoms with Gasteiger partial charge in [-0.3, -0.25) is 4.79 Å². The molecule has 0 aliphatic rings. The molecule has 2 aromatic rings. The van der Waals surface area contributed by atoms with Gasteiger partial charge in [-0.05, 0) is 56.4 Å². The Morgan fingerprint density at radius 1 is 1.26 bits per heavy atom. The number of benzene rings is 1. The first-order valence-electron chi connectivity index (χ1n) is 9.52. The summed E-state index contributed by atoms with van der Waals surface area (Å²) < 4.78 is 0. The highest BCUT2D eigenvalue weighted by Crippen LogP contribution is 2.22. The number of nitrogens with zero attached hydrogens (tertiary/aromatic N) is 3. The second-order valence-electron chi connectivity index (χ2n) is 6.73. The molecular formula is C20H30N4O3. The van der Waals surface area contributed by atoms with Crippen molar-refractivity contribution in [2.24, 2.45) is 5.92 Å². The molecule has 148 valence electrons. The maximum Gasteiger partial charge on any atom is 0.223 e. The molecule has 7 nitrogen and oxygen atoms in total. The van der Waals surface area contributed by atoms with Crippen LogP contribution >= 0.6 is 0 Å². The molecule has 0 saturated carbocycles. The highest BCUT2D eigenvalue weighted by molar-refractivity contribution is 5.78. The van der Waals surface area contributed by atoms with Crippen molar-refractivity contribution in [1.82, 2.24) is 20.2 Å². The predicted molar refractivity (Wildman–Crippen MR) is 105 cm³/mol. The van der Waals surface area contributed by atoms with Gasteiger partial charge in [0.25, 0.3) is 0 Å². The number of amides is 1. The fourth-order valence-electron chi connectivity index (χ4n) is 2.96. The van der Waals surface area contributed by atoms with E-state index in [1.54, 1.807) is 30.3 Å². The number of aromatic hydroxyl groups is 1. The number of carbonyl (C=O) groups excluding carboxylic acids is 1. The minimum absolute atomic E-state index is 0.0260. The molecule has 1 aromatic heterocycles. The summed E-state index contributed by atoms with van der Waals surface area (Å²) in [7, 11) is 0. The molecule has 0 aliphatic carbocycles. The molecule has 1 unspecified atom stereocenters. The van der Waals surface area contributed by atoms with Crippen LogP contribution in [0.4, 0.5) is 0 Å². The first kappa shape index (κ1) is 20.8. The summed E-state index contributed by atoms with van der Waals surface area (Å²) in [5.74, 6) is -0.121. The smallest absolute Gasteiger partial charge is 0.223 e. The molecular weight excluding hydrogens is 344 g/mol. The lowest BCUT2D eigenvalue weighted by Gasteiger charge is -2.18. The average Bonchev–Trinajstić information content (AvgIpc) is 3.02. The molecule has 7 heteroatoms. The van der Waals surface area contributed by atoms with Crippen LogP contribution in [0.25, 0.3) is 11.3 Å². The summed E-state index contributed by atoms with van der Waals surface area (Å²) in [6, 6.07) is 8.36. The molecule has 0 fully saturated rings. The van der Waals surface area contributed by atoms with Gasteiger partial charge in [0.1, 0.15) is 5.75 Å². The Kier molecular flexibility index (Phi) is 7.67. The second kappa shape index (κ2) is 9.97. The lowest BCUT2D eigenvalue weighted by molar-refractivity contribution is -0.124. The third-order valence-electron chi connectivity index (χ3n) is 4.73. The summed E-state index contributed by atoms with van der Waals surface area (Å²) in [5.41, 5.74) is 1.96. The summed E-state index contributed by atoms with van der Waals surface area (Å²) >= 11 is 0. The van der Waals surface area contributed by atoms with Gasteiger partial charge >= 0.3 is 0 Å². The van der Waals surface area contributed by atoms with Crippen LogP contribution in [-0.2, 0) is 11.2 Å². The normalized spacial score (nSPS) is 12.3. The van der Waals surface area contributed by atoms with Crippen molar-refractivity contribution in [1.29, 1.82) is 0 Å². The van der Waals surface area contributed by atoms with Crippen LogP contribution in [0, 0.1) is 5.92 Å². The lowest BCUT2D eigenvalue weighted by atomic mass is 10.0. The van der Waals surface area contributed by atoms with Crippen LogP contribution in [0.5, 0.6) is 5.75 Å². The number of phenolic OH excluding ortho intramolecular Hbond substituents is 1. The second-order valence-corrected chi connectivity index (χ2v) is 6.73. The summed E-state index contributed by atoms with van der Waals surface area (Å²) in [4.78, 5) is 15.4. The molecule has 1 heterocycles. The number of rotatable bonds is 10. The van der Waals surface area contributed by atoms with Gasteiger partial charge in [0.2, 0.25) is 5.91 Å². The van der Waals surface area contributed by atoms with Crippen LogP contribution in [0.3, 0.4) is 0 Å². The molecule has 1 atom stereocenters. The molecule has 27 heavy (non-hydrogen) atoms. The van der Waals surface area contributed by atoms with Crippen molar-refractivity contribution in [3.63, 3.8) is 0 Å². The number of aromatic nitrogens is 2. The van der Waals surface area contributed by atoms with E-state index >= 15 is 0 Å². The fraction of sp³-hybridized carbons (Fsp3) is 0.500. The molecule has 1 aromatic carbocycles. The van der Waals surface area contributed by atoms with Crippen LogP contribution in [0.15, 0.2) is 30.3 Å². The van der Waals surface area contributed by atoms with Gasteiger partial charge in [-0.2, -0.15) is 0 Å². The van der Waals surface area contributed by atoms with Crippen LogP contribution in [-0.4, -0.2) is 57.2 Å². The van der Waals surface area contributed by atoms with Gasteiger partial charge < -0.3 is 20.5 Å². The zero-order chi connectivity index (χ0) is 19.8. The van der Waals surface area contributed by atoms with Crippen LogP contribution < -0.4 is 5.32 Å². The topological polar surface area (TPSA) is 90.6 Å². The molecule has 0 saturated heterocycles. The zero-order valence-corrected chi connectivity index (χ0v) is 16.4. The summed E-state index contributed by atoms with van der Waals surface area (Å²) in [5, 5.41) is 26.5. The Morgan fingerprint density at radius 3 is 2.56 bits per heavy atom. The largest absolute Gasteiger partial charge is 0.508 e. The van der Waals surface area contributed by atoms with Crippen molar-refractivity contribution >= 4 is 5.91 Å². The molecule has 0 radical (unpaired) electrons. The maximum atomic E-state index is 12.3. The highest BCUT2D eigenvalue weighted by atomic mass is 16.5. The number of hydrogen-bond donors (Lipinski definition) is 3. The van der Waals surface area contributed by atoms with Crippen LogP contribution in [0.1, 0.15) is 32.9 Å². The maximum absolute atomic E-state index is 12.3. The van der Waals surface area contributed by atoms with Gasteiger partial charge in [-0.15, -0.1) is 9.94 Å². The minimum atomic E-state index is -0.270. The average molecular weight is 374 g/mol. The Morgan fingerprint density at radius 2 is 1.93 bits per heavy atom. The Hall–Kier alpha value is -2.54. The third-order valence-corrected chi connectivity index (χ3v) is 4.73. The van der Waals surface area contributed by atoms with Gasteiger partial charge in [0.15, 0.2) is 0 Å². The van der Waals surface area contributed by atoms with Gasteiger partial charge in [-0.25, -0.2) is 0 Å². The fourth-order valence-corrected chi connectivity index (χ4v) is 2.96. The van der Waals surface area contributed by atoms with Gasteiger partial charge in [0, 0.05) is 24.4 Å². The molecule has 3 N–H and O–H groups in total. The van der Waals surface area contributed by atoms with Crippen molar-refractivity contribution in [2.75, 3.05) is 26.2 Å². The molecule has 1 amide bonds. The number of carbonyl (C=O) groups is 1. The molecule has 0 bridgehead atoms. The van der Waals surface area contributed by atoms with E-state index in [0.717, 1.165) is 36.5 Å². The van der Waals surface area contributed by atoms with E-state index < -0.39 is 0 Å². The third kappa shape index (κ3) is 5.99. The van der Waals surface area contributed by atoms with Gasteiger partial charge in [0.05, 0.1) is 11.4 Å². The van der Waals surface area contributed by atoms with E-state index in [1.165, 1.54) is 0 Å². The molecule has 0 spiro atoms. The number of hydrogen-bond acceptors (Lipinski definition) is 5. The highest BCUT2D eigenvalue weighted by Gasteiger charge is 2.17. The Bertz CT molecular complexity index is 723. The zero-order valence-electron chi connectivity index (χ0n) is 16.4. The quantitative estimate of drug-likeness (QED) is 0.439. The molecule has 2 rings (SSSR count). The van der Waals surface area contributed by atoms with Gasteiger partial charge in [-0.1, -0.05) is 20.8 Å². The number of nitrogens with one attached hydrogen (secondary N) is 1. The Labute approximate surface area is 160 Å². The van der Waals surface area contributed by atoms with Crippen LogP contribution in [0.2, 0.25) is 0 Å². The summed E-state index contributed by atoms with van der Waals surface area (Å²) in [6.45, 7) is 9.77. The lowest BCUT2D eigenvalue weighted by Crippen LogP contribution is -2.33. The standard InChI is InChI=1S/C20H30N4O3/c1-4-23(5-2)12-6-11-21-20(26)15(3)13-17-14-19(22-24(17)27)16-7-9-18(25)10-8-16/h7-10,14-15,25,27H,4-6,11-13H2,1-3H3,(H,21,26). The van der Waals surface area contributed by atoms with E-state index in [-0.39, 0.29) is 17.6 Å². The first-order valence-corrected chi connectivity index (χ1v) is 9.52. The van der Waals surface area contributed by atoms with E-state index in [4.69, 9.17) is 0 Å². The summed E-state index contributed by atoms with van der Waals surface area (Å²) in [6.07, 6.45) is 1.31. The molecule has 0 aliphatic heterocycles. The number of phenols is 1. The van der Waals surface area contributed by atoms with E-state index in [9.17, 15) is 15.1 Å². The van der Waals surface area contributed by atoms with Crippen molar-refractivity contribution < 1.29 is 15.1 Å². The van der Waals surface area contributed by atoms with E-state index in [0.29, 0.717) is 24.4 Å². The first-order chi connectivity index (χ1) is 12.9. The van der Waals surface area contributed by atoms with Crippen molar-refractivity contribution in [3.05, 3.63) is 36.0 Å². The Balaban J connectivity index is 1.87. The minimum Gasteiger partial charge on any atom is -0.508 e. The van der Waals surface area contributed by atoms with E-state index in [2.05, 4.69) is 29.2 Å².